The van der Waals surface area contributed by atoms with Gasteiger partial charge in [-0.05, 0) is 18.6 Å². The van der Waals surface area contributed by atoms with Crippen molar-refractivity contribution in [3.05, 3.63) is 36.5 Å². The lowest BCUT2D eigenvalue weighted by molar-refractivity contribution is 0.219. The summed E-state index contributed by atoms with van der Waals surface area (Å²) >= 11 is 0. The van der Waals surface area contributed by atoms with Gasteiger partial charge in [-0.25, -0.2) is 0 Å². The molecule has 0 N–H and O–H groups in total. The van der Waals surface area contributed by atoms with Crippen molar-refractivity contribution in [3.8, 4) is 0 Å². The van der Waals surface area contributed by atoms with Crippen molar-refractivity contribution < 1.29 is 4.65 Å². The molecule has 0 aromatic rings. The van der Waals surface area contributed by atoms with Crippen molar-refractivity contribution in [3.63, 3.8) is 0 Å². The second-order valence-corrected chi connectivity index (χ2v) is 5.66. The van der Waals surface area contributed by atoms with Crippen LogP contribution < -0.4 is 0 Å². The van der Waals surface area contributed by atoms with Gasteiger partial charge in [0.1, 0.15) is 0 Å². The lowest BCUT2D eigenvalue weighted by Crippen LogP contribution is -2.23. The second kappa shape index (κ2) is 4.85. The highest BCUT2D eigenvalue weighted by atomic mass is 16.5. The zero-order valence-corrected chi connectivity index (χ0v) is 10.6. The zero-order chi connectivity index (χ0) is 11.7. The van der Waals surface area contributed by atoms with Crippen LogP contribution in [0.2, 0.25) is 11.6 Å². The molecular formula is C15H21BO. The summed E-state index contributed by atoms with van der Waals surface area (Å²) in [4.78, 5) is 0. The first-order valence-corrected chi connectivity index (χ1v) is 7.03. The van der Waals surface area contributed by atoms with Gasteiger partial charge in [0.05, 0.1) is 0 Å². The van der Waals surface area contributed by atoms with E-state index in [0.29, 0.717) is 24.8 Å². The van der Waals surface area contributed by atoms with Crippen molar-refractivity contribution in [1.82, 2.24) is 0 Å². The molecule has 0 radical (unpaired) electrons. The van der Waals surface area contributed by atoms with Gasteiger partial charge in [-0.1, -0.05) is 62.1 Å². The molecule has 3 atom stereocenters. The van der Waals surface area contributed by atoms with E-state index in [2.05, 4.69) is 43.4 Å². The monoisotopic (exact) mass is 228 g/mol. The van der Waals surface area contributed by atoms with Crippen LogP contribution in [0.15, 0.2) is 36.5 Å². The Labute approximate surface area is 105 Å². The van der Waals surface area contributed by atoms with Gasteiger partial charge in [-0.3, -0.25) is 0 Å². The van der Waals surface area contributed by atoms with E-state index >= 15 is 0 Å². The molecule has 3 aliphatic rings. The molecule has 2 heteroatoms. The van der Waals surface area contributed by atoms with Gasteiger partial charge in [0.2, 0.25) is 0 Å². The molecule has 0 aromatic carbocycles. The molecule has 0 aromatic heterocycles. The fourth-order valence-electron chi connectivity index (χ4n) is 3.71. The molecule has 17 heavy (non-hydrogen) atoms. The first-order chi connectivity index (χ1) is 8.36. The number of rotatable bonds is 1. The molecule has 2 fully saturated rings. The van der Waals surface area contributed by atoms with E-state index in [-0.39, 0.29) is 0 Å². The minimum atomic E-state index is 0.373. The summed E-state index contributed by atoms with van der Waals surface area (Å²) in [5.74, 6) is 1.96. The van der Waals surface area contributed by atoms with Crippen molar-refractivity contribution in [1.29, 1.82) is 0 Å². The Hall–Kier alpha value is -0.755. The van der Waals surface area contributed by atoms with Crippen LogP contribution in [0.25, 0.3) is 0 Å². The highest BCUT2D eigenvalue weighted by Gasteiger charge is 2.47. The molecule has 0 spiro atoms. The SMILES string of the molecule is C[C@H]1OB(C2CCCC2)[C@@H]2\C=C/C=C\C=C/[C@H]12. The normalized spacial score (nSPS) is 42.9. The fourth-order valence-corrected chi connectivity index (χ4v) is 3.71. The van der Waals surface area contributed by atoms with Gasteiger partial charge in [0, 0.05) is 12.0 Å². The molecular weight excluding hydrogens is 207 g/mol. The quantitative estimate of drug-likeness (QED) is 0.616. The van der Waals surface area contributed by atoms with Crippen LogP contribution in [0.3, 0.4) is 0 Å². The molecule has 1 aliphatic heterocycles. The number of hydrogen-bond donors (Lipinski definition) is 0. The summed E-state index contributed by atoms with van der Waals surface area (Å²) in [5, 5.41) is 0. The first-order valence-electron chi connectivity index (χ1n) is 7.03. The van der Waals surface area contributed by atoms with Gasteiger partial charge in [0.25, 0.3) is 0 Å². The molecule has 1 nitrogen and oxygen atoms in total. The van der Waals surface area contributed by atoms with Gasteiger partial charge in [-0.15, -0.1) is 0 Å². The largest absolute Gasteiger partial charge is 0.432 e. The van der Waals surface area contributed by atoms with Crippen LogP contribution in [0, 0.1) is 5.92 Å². The van der Waals surface area contributed by atoms with E-state index in [4.69, 9.17) is 4.65 Å². The smallest absolute Gasteiger partial charge is 0.304 e. The summed E-state index contributed by atoms with van der Waals surface area (Å²) < 4.78 is 6.27. The molecule has 90 valence electrons. The third kappa shape index (κ3) is 2.15. The Morgan fingerprint density at radius 2 is 1.71 bits per heavy atom. The van der Waals surface area contributed by atoms with E-state index < -0.39 is 0 Å². The molecule has 0 unspecified atom stereocenters. The highest BCUT2D eigenvalue weighted by molar-refractivity contribution is 6.57. The maximum atomic E-state index is 6.27. The molecule has 3 rings (SSSR count). The molecule has 1 saturated carbocycles. The molecule has 0 amide bonds. The Balaban J connectivity index is 1.84. The predicted molar refractivity (Wildman–Crippen MR) is 73.2 cm³/mol. The summed E-state index contributed by atoms with van der Waals surface area (Å²) in [7, 11) is 0. The lowest BCUT2D eigenvalue weighted by Gasteiger charge is -2.20. The number of hydrogen-bond acceptors (Lipinski definition) is 1. The minimum Gasteiger partial charge on any atom is -0.432 e. The van der Waals surface area contributed by atoms with E-state index in [1.54, 1.807) is 0 Å². The van der Waals surface area contributed by atoms with E-state index in [1.807, 2.05) is 0 Å². The first kappa shape index (κ1) is 11.3. The predicted octanol–water partition coefficient (Wildman–Crippen LogP) is 4.01. The Morgan fingerprint density at radius 3 is 2.47 bits per heavy atom. The van der Waals surface area contributed by atoms with Gasteiger partial charge >= 0.3 is 6.92 Å². The third-order valence-corrected chi connectivity index (χ3v) is 4.60. The maximum absolute atomic E-state index is 6.27. The van der Waals surface area contributed by atoms with E-state index in [0.717, 1.165) is 5.82 Å². The summed E-state index contributed by atoms with van der Waals surface area (Å²) in [5.41, 5.74) is 0. The van der Waals surface area contributed by atoms with Crippen molar-refractivity contribution in [2.24, 2.45) is 5.92 Å². The topological polar surface area (TPSA) is 9.23 Å². The molecule has 1 saturated heterocycles. The van der Waals surface area contributed by atoms with E-state index in [1.165, 1.54) is 25.7 Å². The van der Waals surface area contributed by atoms with Crippen molar-refractivity contribution >= 4 is 6.92 Å². The molecule has 0 bridgehead atoms. The van der Waals surface area contributed by atoms with Crippen LogP contribution in [-0.4, -0.2) is 13.0 Å². The fraction of sp³-hybridized carbons (Fsp3) is 0.600. The summed E-state index contributed by atoms with van der Waals surface area (Å²) in [6.45, 7) is 2.70. The maximum Gasteiger partial charge on any atom is 0.304 e. The summed E-state index contributed by atoms with van der Waals surface area (Å²) in [6.07, 6.45) is 19.2. The Morgan fingerprint density at radius 1 is 1.00 bits per heavy atom. The van der Waals surface area contributed by atoms with Crippen LogP contribution in [0.4, 0.5) is 0 Å². The van der Waals surface area contributed by atoms with Gasteiger partial charge < -0.3 is 4.65 Å². The average Bonchev–Trinajstić information content (AvgIpc) is 2.87. The number of allylic oxidation sites excluding steroid dienone is 5. The number of fused-ring (bicyclic) bond motifs is 1. The van der Waals surface area contributed by atoms with Crippen LogP contribution in [0.1, 0.15) is 32.6 Å². The summed E-state index contributed by atoms with van der Waals surface area (Å²) in [6, 6.07) is 0. The van der Waals surface area contributed by atoms with Gasteiger partial charge in [-0.2, -0.15) is 0 Å². The van der Waals surface area contributed by atoms with Crippen molar-refractivity contribution in [2.45, 2.75) is 50.3 Å². The third-order valence-electron chi connectivity index (χ3n) is 4.60. The molecule has 2 aliphatic carbocycles. The minimum absolute atomic E-state index is 0.373. The zero-order valence-electron chi connectivity index (χ0n) is 10.6. The van der Waals surface area contributed by atoms with Crippen LogP contribution in [0.5, 0.6) is 0 Å². The average molecular weight is 228 g/mol. The van der Waals surface area contributed by atoms with E-state index in [9.17, 15) is 0 Å². The standard InChI is InChI=1S/C15H21BO/c1-12-14-10-4-2-3-5-11-15(14)16(17-12)13-8-6-7-9-13/h2-5,10-15H,6-9H2,1H3/b3-2-,10-4-,11-5-/t12-,14-,15-/m1/s1. The lowest BCUT2D eigenvalue weighted by atomic mass is 9.45. The second-order valence-electron chi connectivity index (χ2n) is 5.66. The van der Waals surface area contributed by atoms with Crippen molar-refractivity contribution in [2.75, 3.05) is 0 Å². The molecule has 1 heterocycles. The van der Waals surface area contributed by atoms with Crippen LogP contribution in [-0.2, 0) is 4.65 Å². The Bertz CT molecular complexity index is 352. The Kier molecular flexibility index (Phi) is 3.24. The van der Waals surface area contributed by atoms with Gasteiger partial charge in [0.15, 0.2) is 0 Å². The van der Waals surface area contributed by atoms with Crippen LogP contribution >= 0.6 is 0 Å². The highest BCUT2D eigenvalue weighted by Crippen LogP contribution is 2.47.